The lowest BCUT2D eigenvalue weighted by atomic mass is 10.1. The highest BCUT2D eigenvalue weighted by Crippen LogP contribution is 2.25. The summed E-state index contributed by atoms with van der Waals surface area (Å²) < 4.78 is 32.7. The van der Waals surface area contributed by atoms with Gasteiger partial charge in [0.2, 0.25) is 0 Å². The van der Waals surface area contributed by atoms with Crippen molar-refractivity contribution in [2.45, 2.75) is 19.8 Å². The molecule has 1 aliphatic rings. The normalized spacial score (nSPS) is 17.1. The second-order valence-electron chi connectivity index (χ2n) is 5.53. The number of likely N-dealkylation sites (N-methyl/N-ethyl adjacent to an activating group) is 1. The minimum absolute atomic E-state index is 0.241. The molecule has 0 unspecified atom stereocenters. The summed E-state index contributed by atoms with van der Waals surface area (Å²) in [7, 11) is 2.13. The number of hydrogen-bond acceptors (Lipinski definition) is 3. The fourth-order valence-corrected chi connectivity index (χ4v) is 2.61. The molecule has 0 N–H and O–H groups in total. The topological polar surface area (TPSA) is 15.7 Å². The maximum Gasteiger partial charge on any atom is 0.190 e. The van der Waals surface area contributed by atoms with Crippen LogP contribution in [-0.4, -0.2) is 56.2 Å². The number of ether oxygens (including phenoxy) is 1. The molecule has 0 saturated carbocycles. The van der Waals surface area contributed by atoms with Gasteiger partial charge in [0, 0.05) is 26.2 Å². The molecule has 1 aliphatic heterocycles. The maximum atomic E-state index is 14.2. The lowest BCUT2D eigenvalue weighted by Crippen LogP contribution is -2.44. The summed E-state index contributed by atoms with van der Waals surface area (Å²) in [6, 6.07) is 2.82. The summed E-state index contributed by atoms with van der Waals surface area (Å²) >= 11 is 0. The van der Waals surface area contributed by atoms with E-state index in [0.29, 0.717) is 12.0 Å². The number of halogens is 2. The van der Waals surface area contributed by atoms with Crippen LogP contribution in [0.25, 0.3) is 0 Å². The summed E-state index contributed by atoms with van der Waals surface area (Å²) in [6.07, 6.45) is 1.48. The first-order chi connectivity index (χ1) is 10.1. The minimum atomic E-state index is -0.628. The van der Waals surface area contributed by atoms with E-state index in [1.54, 1.807) is 6.92 Å². The minimum Gasteiger partial charge on any atom is -0.488 e. The second-order valence-corrected chi connectivity index (χ2v) is 5.53. The number of rotatable bonds is 6. The van der Waals surface area contributed by atoms with Gasteiger partial charge in [-0.25, -0.2) is 8.78 Å². The number of aryl methyl sites for hydroxylation is 1. The van der Waals surface area contributed by atoms with Gasteiger partial charge in [-0.2, -0.15) is 0 Å². The summed E-state index contributed by atoms with van der Waals surface area (Å²) in [6.45, 7) is 7.23. The molecule has 0 bridgehead atoms. The predicted molar refractivity (Wildman–Crippen MR) is 79.8 cm³/mol. The van der Waals surface area contributed by atoms with Gasteiger partial charge in [0.25, 0.3) is 0 Å². The molecule has 0 atom stereocenters. The Morgan fingerprint density at radius 3 is 2.52 bits per heavy atom. The Hall–Kier alpha value is -1.20. The predicted octanol–water partition coefficient (Wildman–Crippen LogP) is 2.54. The van der Waals surface area contributed by atoms with Crippen molar-refractivity contribution in [2.24, 2.45) is 0 Å². The van der Waals surface area contributed by atoms with E-state index in [1.807, 2.05) is 0 Å². The van der Waals surface area contributed by atoms with Gasteiger partial charge in [0.1, 0.15) is 0 Å². The molecule has 1 fully saturated rings. The molecule has 2 rings (SSSR count). The lowest BCUT2D eigenvalue weighted by Gasteiger charge is -2.32. The Labute approximate surface area is 125 Å². The molecule has 0 aliphatic carbocycles. The average Bonchev–Trinajstić information content (AvgIpc) is 2.48. The smallest absolute Gasteiger partial charge is 0.190 e. The average molecular weight is 298 g/mol. The molecular formula is C16H24F2N2O. The van der Waals surface area contributed by atoms with Crippen LogP contribution in [0.5, 0.6) is 5.75 Å². The van der Waals surface area contributed by atoms with E-state index >= 15 is 0 Å². The zero-order valence-corrected chi connectivity index (χ0v) is 12.9. The van der Waals surface area contributed by atoms with Crippen molar-refractivity contribution in [1.29, 1.82) is 0 Å². The van der Waals surface area contributed by atoms with Crippen LogP contribution in [0.1, 0.15) is 18.9 Å². The maximum absolute atomic E-state index is 14.2. The number of piperazine rings is 1. The number of benzene rings is 1. The SMILES string of the molecule is CCOc1c(F)ccc(CCCN2CCN(C)CC2)c1F. The molecule has 21 heavy (non-hydrogen) atoms. The highest BCUT2D eigenvalue weighted by Gasteiger charge is 2.16. The van der Waals surface area contributed by atoms with Gasteiger partial charge in [-0.3, -0.25) is 0 Å². The van der Waals surface area contributed by atoms with Crippen LogP contribution in [0.4, 0.5) is 8.78 Å². The van der Waals surface area contributed by atoms with Crippen molar-refractivity contribution in [2.75, 3.05) is 46.4 Å². The molecule has 0 radical (unpaired) electrons. The molecule has 0 spiro atoms. The van der Waals surface area contributed by atoms with E-state index in [1.165, 1.54) is 12.1 Å². The zero-order valence-electron chi connectivity index (χ0n) is 12.9. The van der Waals surface area contributed by atoms with E-state index in [0.717, 1.165) is 39.1 Å². The Kier molecular flexibility index (Phi) is 5.94. The van der Waals surface area contributed by atoms with E-state index in [2.05, 4.69) is 16.8 Å². The fraction of sp³-hybridized carbons (Fsp3) is 0.625. The fourth-order valence-electron chi connectivity index (χ4n) is 2.61. The molecule has 5 heteroatoms. The highest BCUT2D eigenvalue weighted by atomic mass is 19.1. The Bertz CT molecular complexity index is 460. The molecule has 3 nitrogen and oxygen atoms in total. The molecule has 1 saturated heterocycles. The molecule has 0 aromatic heterocycles. The van der Waals surface area contributed by atoms with E-state index in [9.17, 15) is 8.78 Å². The van der Waals surface area contributed by atoms with Crippen molar-refractivity contribution in [3.63, 3.8) is 0 Å². The van der Waals surface area contributed by atoms with E-state index < -0.39 is 11.6 Å². The van der Waals surface area contributed by atoms with Crippen LogP contribution in [0, 0.1) is 11.6 Å². The molecule has 1 heterocycles. The molecule has 1 aromatic rings. The molecular weight excluding hydrogens is 274 g/mol. The summed E-state index contributed by atoms with van der Waals surface area (Å²) in [4.78, 5) is 4.70. The van der Waals surface area contributed by atoms with Gasteiger partial charge in [-0.15, -0.1) is 0 Å². The van der Waals surface area contributed by atoms with Gasteiger partial charge < -0.3 is 14.5 Å². The first-order valence-corrected chi connectivity index (χ1v) is 7.62. The van der Waals surface area contributed by atoms with Gasteiger partial charge in [-0.05, 0) is 45.0 Å². The van der Waals surface area contributed by atoms with Crippen LogP contribution < -0.4 is 4.74 Å². The number of nitrogens with zero attached hydrogens (tertiary/aromatic N) is 2. The van der Waals surface area contributed by atoms with Crippen LogP contribution in [0.2, 0.25) is 0 Å². The number of hydrogen-bond donors (Lipinski definition) is 0. The first kappa shape index (κ1) is 16.2. The van der Waals surface area contributed by atoms with Crippen molar-refractivity contribution in [1.82, 2.24) is 9.80 Å². The lowest BCUT2D eigenvalue weighted by molar-refractivity contribution is 0.153. The van der Waals surface area contributed by atoms with Gasteiger partial charge in [0.05, 0.1) is 6.61 Å². The van der Waals surface area contributed by atoms with Crippen molar-refractivity contribution in [3.8, 4) is 5.75 Å². The first-order valence-electron chi connectivity index (χ1n) is 7.62. The van der Waals surface area contributed by atoms with Gasteiger partial charge >= 0.3 is 0 Å². The zero-order chi connectivity index (χ0) is 15.2. The van der Waals surface area contributed by atoms with Crippen molar-refractivity contribution >= 4 is 0 Å². The van der Waals surface area contributed by atoms with Crippen molar-refractivity contribution in [3.05, 3.63) is 29.3 Å². The van der Waals surface area contributed by atoms with Crippen LogP contribution in [0.15, 0.2) is 12.1 Å². The van der Waals surface area contributed by atoms with E-state index in [4.69, 9.17) is 4.74 Å². The second kappa shape index (κ2) is 7.71. The third-order valence-corrected chi connectivity index (χ3v) is 3.93. The standard InChI is InChI=1S/C16H24F2N2O/c1-3-21-16-14(17)7-6-13(15(16)18)5-4-8-20-11-9-19(2)10-12-20/h6-7H,3-5,8-12H2,1-2H3. The quantitative estimate of drug-likeness (QED) is 0.803. The largest absolute Gasteiger partial charge is 0.488 e. The van der Waals surface area contributed by atoms with Gasteiger partial charge in [-0.1, -0.05) is 6.07 Å². The van der Waals surface area contributed by atoms with Crippen LogP contribution >= 0.6 is 0 Å². The van der Waals surface area contributed by atoms with Crippen LogP contribution in [0.3, 0.4) is 0 Å². The summed E-state index contributed by atoms with van der Waals surface area (Å²) in [5.74, 6) is -1.41. The third-order valence-electron chi connectivity index (χ3n) is 3.93. The van der Waals surface area contributed by atoms with E-state index in [-0.39, 0.29) is 12.4 Å². The Balaban J connectivity index is 1.87. The van der Waals surface area contributed by atoms with Gasteiger partial charge in [0.15, 0.2) is 17.4 Å². The summed E-state index contributed by atoms with van der Waals surface area (Å²) in [5, 5.41) is 0. The highest BCUT2D eigenvalue weighted by molar-refractivity contribution is 5.32. The molecule has 118 valence electrons. The molecule has 0 amide bonds. The summed E-state index contributed by atoms with van der Waals surface area (Å²) in [5.41, 5.74) is 0.536. The van der Waals surface area contributed by atoms with Crippen LogP contribution in [-0.2, 0) is 6.42 Å². The monoisotopic (exact) mass is 298 g/mol. The third kappa shape index (κ3) is 4.38. The Morgan fingerprint density at radius 2 is 1.86 bits per heavy atom. The molecule has 1 aromatic carbocycles. The Morgan fingerprint density at radius 1 is 1.14 bits per heavy atom. The van der Waals surface area contributed by atoms with Crippen molar-refractivity contribution < 1.29 is 13.5 Å².